The van der Waals surface area contributed by atoms with Crippen molar-refractivity contribution in [2.45, 2.75) is 26.7 Å². The van der Waals surface area contributed by atoms with E-state index in [9.17, 15) is 4.79 Å². The van der Waals surface area contributed by atoms with Crippen molar-refractivity contribution in [1.82, 2.24) is 5.32 Å². The summed E-state index contributed by atoms with van der Waals surface area (Å²) < 4.78 is 5.32. The van der Waals surface area contributed by atoms with Crippen molar-refractivity contribution in [2.24, 2.45) is 0 Å². The Bertz CT molecular complexity index is 475. The molecule has 0 aliphatic rings. The van der Waals surface area contributed by atoms with Crippen molar-refractivity contribution in [2.75, 3.05) is 13.7 Å². The Morgan fingerprint density at radius 1 is 1.39 bits per heavy atom. The van der Waals surface area contributed by atoms with Crippen LogP contribution in [0.5, 0.6) is 5.75 Å². The Morgan fingerprint density at radius 2 is 2.06 bits per heavy atom. The van der Waals surface area contributed by atoms with E-state index >= 15 is 0 Å². The minimum atomic E-state index is -0.236. The molecular formula is C14H18N2O2. The number of benzene rings is 1. The van der Waals surface area contributed by atoms with Crippen LogP contribution in [0, 0.1) is 25.2 Å². The highest BCUT2D eigenvalue weighted by atomic mass is 16.5. The lowest BCUT2D eigenvalue weighted by atomic mass is 10.0. The highest BCUT2D eigenvalue weighted by Gasteiger charge is 2.06. The molecule has 1 rings (SSSR count). The maximum absolute atomic E-state index is 11.1. The van der Waals surface area contributed by atoms with Gasteiger partial charge in [0.25, 0.3) is 0 Å². The number of hydrogen-bond acceptors (Lipinski definition) is 3. The van der Waals surface area contributed by atoms with Gasteiger partial charge in [-0.25, -0.2) is 0 Å². The van der Waals surface area contributed by atoms with Crippen molar-refractivity contribution in [1.29, 1.82) is 5.26 Å². The first-order chi connectivity index (χ1) is 8.58. The molecule has 96 valence electrons. The van der Waals surface area contributed by atoms with Gasteiger partial charge in [-0.2, -0.15) is 5.26 Å². The van der Waals surface area contributed by atoms with Gasteiger partial charge in [-0.05, 0) is 43.0 Å². The van der Waals surface area contributed by atoms with Gasteiger partial charge in [-0.1, -0.05) is 6.07 Å². The number of carbonyl (C=O) groups excluding carboxylic acids is 1. The van der Waals surface area contributed by atoms with Crippen LogP contribution < -0.4 is 10.1 Å². The van der Waals surface area contributed by atoms with Gasteiger partial charge in [0.1, 0.15) is 12.2 Å². The van der Waals surface area contributed by atoms with Gasteiger partial charge in [0.15, 0.2) is 0 Å². The molecule has 0 aliphatic heterocycles. The van der Waals surface area contributed by atoms with Crippen LogP contribution in [-0.2, 0) is 11.2 Å². The summed E-state index contributed by atoms with van der Waals surface area (Å²) in [6.07, 6.45) is 0.603. The molecule has 18 heavy (non-hydrogen) atoms. The third-order valence-corrected chi connectivity index (χ3v) is 2.85. The van der Waals surface area contributed by atoms with E-state index in [1.54, 1.807) is 7.11 Å². The molecule has 0 radical (unpaired) electrons. The first kappa shape index (κ1) is 14.0. The van der Waals surface area contributed by atoms with Crippen molar-refractivity contribution < 1.29 is 9.53 Å². The average molecular weight is 246 g/mol. The topological polar surface area (TPSA) is 62.1 Å². The third-order valence-electron chi connectivity index (χ3n) is 2.85. The SMILES string of the molecule is COc1cc(C)c(C)cc1CCNC(=O)CC#N. The van der Waals surface area contributed by atoms with Crippen LogP contribution in [0.25, 0.3) is 0 Å². The van der Waals surface area contributed by atoms with Crippen LogP contribution in [-0.4, -0.2) is 19.6 Å². The summed E-state index contributed by atoms with van der Waals surface area (Å²) in [7, 11) is 1.64. The normalized spacial score (nSPS) is 9.67. The lowest BCUT2D eigenvalue weighted by molar-refractivity contribution is -0.120. The Morgan fingerprint density at radius 3 is 2.67 bits per heavy atom. The zero-order valence-corrected chi connectivity index (χ0v) is 11.0. The van der Waals surface area contributed by atoms with E-state index < -0.39 is 0 Å². The van der Waals surface area contributed by atoms with Gasteiger partial charge >= 0.3 is 0 Å². The van der Waals surface area contributed by atoms with Crippen LogP contribution in [0.3, 0.4) is 0 Å². The Hall–Kier alpha value is -2.02. The summed E-state index contributed by atoms with van der Waals surface area (Å²) in [6, 6.07) is 5.89. The van der Waals surface area contributed by atoms with E-state index in [1.807, 2.05) is 26.0 Å². The highest BCUT2D eigenvalue weighted by Crippen LogP contribution is 2.23. The molecule has 1 amide bonds. The second kappa shape index (κ2) is 6.65. The van der Waals surface area contributed by atoms with Crippen molar-refractivity contribution >= 4 is 5.91 Å². The van der Waals surface area contributed by atoms with Crippen LogP contribution >= 0.6 is 0 Å². The van der Waals surface area contributed by atoms with Crippen molar-refractivity contribution in [3.8, 4) is 11.8 Å². The molecule has 0 aromatic heterocycles. The molecule has 0 saturated carbocycles. The number of nitriles is 1. The third kappa shape index (κ3) is 3.77. The minimum Gasteiger partial charge on any atom is -0.496 e. The van der Waals surface area contributed by atoms with Crippen molar-refractivity contribution in [3.63, 3.8) is 0 Å². The molecule has 0 saturated heterocycles. The molecule has 0 fully saturated rings. The van der Waals surface area contributed by atoms with E-state index in [2.05, 4.69) is 11.4 Å². The zero-order chi connectivity index (χ0) is 13.5. The summed E-state index contributed by atoms with van der Waals surface area (Å²) in [5.74, 6) is 0.605. The molecule has 0 unspecified atom stereocenters. The fraction of sp³-hybridized carbons (Fsp3) is 0.429. The maximum atomic E-state index is 11.1. The highest BCUT2D eigenvalue weighted by molar-refractivity contribution is 5.77. The molecule has 0 bridgehead atoms. The summed E-state index contributed by atoms with van der Waals surface area (Å²) in [6.45, 7) is 4.60. The van der Waals surface area contributed by atoms with E-state index in [0.29, 0.717) is 13.0 Å². The summed E-state index contributed by atoms with van der Waals surface area (Å²) >= 11 is 0. The number of carbonyl (C=O) groups is 1. The lowest BCUT2D eigenvalue weighted by Crippen LogP contribution is -2.25. The fourth-order valence-electron chi connectivity index (χ4n) is 1.71. The first-order valence-electron chi connectivity index (χ1n) is 5.86. The number of amides is 1. The number of ether oxygens (including phenoxy) is 1. The number of rotatable bonds is 5. The number of nitrogens with zero attached hydrogens (tertiary/aromatic N) is 1. The molecule has 0 spiro atoms. The van der Waals surface area contributed by atoms with E-state index in [4.69, 9.17) is 10.00 Å². The van der Waals surface area contributed by atoms with Crippen LogP contribution in [0.2, 0.25) is 0 Å². The largest absolute Gasteiger partial charge is 0.496 e. The predicted octanol–water partition coefficient (Wildman–Crippen LogP) is 1.88. The van der Waals surface area contributed by atoms with E-state index in [1.165, 1.54) is 11.1 Å². The van der Waals surface area contributed by atoms with Crippen LogP contribution in [0.1, 0.15) is 23.1 Å². The van der Waals surface area contributed by atoms with Crippen LogP contribution in [0.15, 0.2) is 12.1 Å². The molecule has 0 aliphatic carbocycles. The standard InChI is InChI=1S/C14H18N2O2/c1-10-8-12(13(18-3)9-11(10)2)5-7-16-14(17)4-6-15/h8-9H,4-5,7H2,1-3H3,(H,16,17). The summed E-state index contributed by atoms with van der Waals surface area (Å²) in [5.41, 5.74) is 3.45. The smallest absolute Gasteiger partial charge is 0.234 e. The van der Waals surface area contributed by atoms with Gasteiger partial charge in [-0.15, -0.1) is 0 Å². The molecule has 1 N–H and O–H groups in total. The number of nitrogens with one attached hydrogen (secondary N) is 1. The van der Waals surface area contributed by atoms with Gasteiger partial charge < -0.3 is 10.1 Å². The molecule has 4 nitrogen and oxygen atoms in total. The van der Waals surface area contributed by atoms with Gasteiger partial charge in [-0.3, -0.25) is 4.79 Å². The number of hydrogen-bond donors (Lipinski definition) is 1. The Kier molecular flexibility index (Phi) is 5.19. The molecule has 0 heterocycles. The average Bonchev–Trinajstić information content (AvgIpc) is 2.33. The van der Waals surface area contributed by atoms with E-state index in [-0.39, 0.29) is 12.3 Å². The quantitative estimate of drug-likeness (QED) is 0.863. The first-order valence-corrected chi connectivity index (χ1v) is 5.86. The molecule has 1 aromatic carbocycles. The van der Waals surface area contributed by atoms with Crippen LogP contribution in [0.4, 0.5) is 0 Å². The van der Waals surface area contributed by atoms with Crippen molar-refractivity contribution in [3.05, 3.63) is 28.8 Å². The zero-order valence-electron chi connectivity index (χ0n) is 11.0. The molecule has 1 aromatic rings. The van der Waals surface area contributed by atoms with Gasteiger partial charge in [0.2, 0.25) is 5.91 Å². The summed E-state index contributed by atoms with van der Waals surface area (Å²) in [4.78, 5) is 11.1. The predicted molar refractivity (Wildman–Crippen MR) is 69.4 cm³/mol. The summed E-state index contributed by atoms with van der Waals surface area (Å²) in [5, 5.41) is 11.1. The fourth-order valence-corrected chi connectivity index (χ4v) is 1.71. The molecular weight excluding hydrogens is 228 g/mol. The number of methoxy groups -OCH3 is 1. The second-order valence-corrected chi connectivity index (χ2v) is 4.18. The minimum absolute atomic E-state index is 0.0932. The maximum Gasteiger partial charge on any atom is 0.234 e. The van der Waals surface area contributed by atoms with E-state index in [0.717, 1.165) is 11.3 Å². The van der Waals surface area contributed by atoms with Gasteiger partial charge in [0.05, 0.1) is 13.2 Å². The van der Waals surface area contributed by atoms with Gasteiger partial charge in [0, 0.05) is 6.54 Å². The lowest BCUT2D eigenvalue weighted by Gasteiger charge is -2.12. The molecule has 4 heteroatoms. The Labute approximate surface area is 108 Å². The monoisotopic (exact) mass is 246 g/mol. The number of aryl methyl sites for hydroxylation is 2. The Balaban J connectivity index is 2.64. The second-order valence-electron chi connectivity index (χ2n) is 4.18. The molecule has 0 atom stereocenters.